The van der Waals surface area contributed by atoms with Gasteiger partial charge in [-0.25, -0.2) is 8.78 Å². The molecule has 1 aromatic carbocycles. The minimum Gasteiger partial charge on any atom is -0.357 e. The van der Waals surface area contributed by atoms with Gasteiger partial charge in [0.2, 0.25) is 5.95 Å². The van der Waals surface area contributed by atoms with Crippen molar-refractivity contribution in [1.29, 1.82) is 0 Å². The molecule has 0 radical (unpaired) electrons. The highest BCUT2D eigenvalue weighted by Gasteiger charge is 2.13. The number of hydrogen-bond donors (Lipinski definition) is 3. The summed E-state index contributed by atoms with van der Waals surface area (Å²) in [5, 5.41) is 12.7. The van der Waals surface area contributed by atoms with Crippen molar-refractivity contribution in [3.05, 3.63) is 34.4 Å². The molecule has 0 saturated carbocycles. The number of H-pyrrole nitrogens is 1. The van der Waals surface area contributed by atoms with E-state index in [4.69, 9.17) is 0 Å². The van der Waals surface area contributed by atoms with E-state index in [0.717, 1.165) is 12.1 Å². The molecule has 0 saturated heterocycles. The summed E-state index contributed by atoms with van der Waals surface area (Å²) >= 11 is 2.93. The molecule has 108 valence electrons. The third-order valence-corrected chi connectivity index (χ3v) is 3.40. The number of fused-ring (bicyclic) bond motifs is 1. The van der Waals surface area contributed by atoms with Crippen LogP contribution in [0.25, 0.3) is 11.0 Å². The van der Waals surface area contributed by atoms with Crippen molar-refractivity contribution in [1.82, 2.24) is 20.2 Å². The highest BCUT2D eigenvalue weighted by atomic mass is 79.9. The van der Waals surface area contributed by atoms with Crippen LogP contribution in [0.2, 0.25) is 0 Å². The lowest BCUT2D eigenvalue weighted by Crippen LogP contribution is -2.03. The van der Waals surface area contributed by atoms with Crippen LogP contribution < -0.4 is 10.6 Å². The van der Waals surface area contributed by atoms with Crippen molar-refractivity contribution in [2.24, 2.45) is 0 Å². The third-order valence-electron chi connectivity index (χ3n) is 2.80. The van der Waals surface area contributed by atoms with Crippen LogP contribution in [0.4, 0.5) is 26.2 Å². The molecule has 0 aliphatic heterocycles. The molecule has 9 heteroatoms. The maximum absolute atomic E-state index is 13.9. The Morgan fingerprint density at radius 1 is 1.19 bits per heavy atom. The van der Waals surface area contributed by atoms with Gasteiger partial charge in [0.1, 0.15) is 17.5 Å². The molecule has 0 atom stereocenters. The maximum atomic E-state index is 13.9. The van der Waals surface area contributed by atoms with Crippen LogP contribution in [-0.4, -0.2) is 27.2 Å². The van der Waals surface area contributed by atoms with Gasteiger partial charge in [-0.2, -0.15) is 15.1 Å². The fourth-order valence-corrected chi connectivity index (χ4v) is 2.10. The van der Waals surface area contributed by atoms with E-state index in [2.05, 4.69) is 46.7 Å². The van der Waals surface area contributed by atoms with Crippen molar-refractivity contribution >= 4 is 44.4 Å². The molecule has 0 aliphatic carbocycles. The Morgan fingerprint density at radius 3 is 2.76 bits per heavy atom. The molecule has 0 fully saturated rings. The molecular weight excluding hydrogens is 346 g/mol. The Morgan fingerprint density at radius 2 is 2.00 bits per heavy atom. The highest BCUT2D eigenvalue weighted by molar-refractivity contribution is 9.10. The fraction of sp³-hybridized carbons (Fsp3) is 0.0833. The van der Waals surface area contributed by atoms with Gasteiger partial charge >= 0.3 is 0 Å². The number of benzene rings is 1. The maximum Gasteiger partial charge on any atom is 0.226 e. The average Bonchev–Trinajstić information content (AvgIpc) is 2.93. The van der Waals surface area contributed by atoms with Gasteiger partial charge in [0.05, 0.1) is 21.7 Å². The van der Waals surface area contributed by atoms with Crippen molar-refractivity contribution in [2.45, 2.75) is 0 Å². The smallest absolute Gasteiger partial charge is 0.226 e. The third kappa shape index (κ3) is 2.51. The van der Waals surface area contributed by atoms with Gasteiger partial charge in [0, 0.05) is 13.1 Å². The first kappa shape index (κ1) is 13.7. The van der Waals surface area contributed by atoms with Crippen LogP contribution in [0.3, 0.4) is 0 Å². The van der Waals surface area contributed by atoms with Gasteiger partial charge in [-0.1, -0.05) is 0 Å². The molecule has 0 unspecified atom stereocenters. The summed E-state index contributed by atoms with van der Waals surface area (Å²) in [6.07, 6.45) is 1.50. The average molecular weight is 355 g/mol. The van der Waals surface area contributed by atoms with Crippen LogP contribution in [0.1, 0.15) is 0 Å². The van der Waals surface area contributed by atoms with E-state index in [1.807, 2.05) is 0 Å². The second kappa shape index (κ2) is 5.24. The normalized spacial score (nSPS) is 10.9. The number of aromatic amines is 1. The fourth-order valence-electron chi connectivity index (χ4n) is 1.79. The molecular formula is C12H9BrF2N6. The predicted molar refractivity (Wildman–Crippen MR) is 78.6 cm³/mol. The molecule has 3 aromatic rings. The predicted octanol–water partition coefficient (Wildman–Crippen LogP) is 3.18. The zero-order chi connectivity index (χ0) is 15.0. The molecule has 0 amide bonds. The van der Waals surface area contributed by atoms with Crippen molar-refractivity contribution in [3.63, 3.8) is 0 Å². The van der Waals surface area contributed by atoms with Crippen LogP contribution in [0.15, 0.2) is 22.8 Å². The minimum absolute atomic E-state index is 0.0287. The summed E-state index contributed by atoms with van der Waals surface area (Å²) < 4.78 is 27.5. The molecule has 3 N–H and O–H groups in total. The zero-order valence-electron chi connectivity index (χ0n) is 10.7. The van der Waals surface area contributed by atoms with E-state index in [1.54, 1.807) is 7.05 Å². The summed E-state index contributed by atoms with van der Waals surface area (Å²) in [5.74, 6) is -0.541. The molecule has 6 nitrogen and oxygen atoms in total. The second-order valence-electron chi connectivity index (χ2n) is 4.15. The van der Waals surface area contributed by atoms with Gasteiger partial charge in [-0.3, -0.25) is 5.10 Å². The van der Waals surface area contributed by atoms with E-state index in [9.17, 15) is 8.78 Å². The van der Waals surface area contributed by atoms with E-state index < -0.39 is 11.6 Å². The minimum atomic E-state index is -0.607. The quantitative estimate of drug-likeness (QED) is 0.629. The van der Waals surface area contributed by atoms with Gasteiger partial charge in [0.25, 0.3) is 0 Å². The van der Waals surface area contributed by atoms with E-state index >= 15 is 0 Å². The largest absolute Gasteiger partial charge is 0.357 e. The number of hydrogen-bond acceptors (Lipinski definition) is 5. The Labute approximate surface area is 126 Å². The molecule has 2 aromatic heterocycles. The number of nitrogens with zero attached hydrogens (tertiary/aromatic N) is 3. The van der Waals surface area contributed by atoms with Crippen LogP contribution in [0.5, 0.6) is 0 Å². The first-order valence-electron chi connectivity index (χ1n) is 5.89. The monoisotopic (exact) mass is 354 g/mol. The molecule has 0 spiro atoms. The number of aromatic nitrogens is 4. The topological polar surface area (TPSA) is 78.5 Å². The Kier molecular flexibility index (Phi) is 3.42. The summed E-state index contributed by atoms with van der Waals surface area (Å²) in [7, 11) is 1.65. The first-order chi connectivity index (χ1) is 10.1. The SMILES string of the molecule is CNc1nc(Nc2cc(F)c(Br)cc2F)c2cn[nH]c2n1. The van der Waals surface area contributed by atoms with Crippen molar-refractivity contribution in [3.8, 4) is 0 Å². The number of rotatable bonds is 3. The Bertz CT molecular complexity index is 819. The van der Waals surface area contributed by atoms with E-state index in [1.165, 1.54) is 6.20 Å². The van der Waals surface area contributed by atoms with E-state index in [0.29, 0.717) is 22.8 Å². The summed E-state index contributed by atoms with van der Waals surface area (Å²) in [6.45, 7) is 0. The van der Waals surface area contributed by atoms with Crippen LogP contribution >= 0.6 is 15.9 Å². The molecule has 0 aliphatic rings. The van der Waals surface area contributed by atoms with Crippen LogP contribution in [-0.2, 0) is 0 Å². The first-order valence-corrected chi connectivity index (χ1v) is 6.68. The molecule has 3 rings (SSSR count). The Hall–Kier alpha value is -2.29. The second-order valence-corrected chi connectivity index (χ2v) is 5.00. The lowest BCUT2D eigenvalue weighted by Gasteiger charge is -2.09. The standard InChI is InChI=1S/C12H9BrF2N6/c1-16-12-19-10(5-4-17-21-11(5)20-12)18-9-3-7(14)6(13)2-8(9)15/h2-4H,1H3,(H3,16,17,18,19,20,21). The summed E-state index contributed by atoms with van der Waals surface area (Å²) in [6, 6.07) is 2.09. The Balaban J connectivity index is 2.09. The summed E-state index contributed by atoms with van der Waals surface area (Å²) in [4.78, 5) is 8.34. The van der Waals surface area contributed by atoms with Crippen molar-refractivity contribution < 1.29 is 8.78 Å². The molecule has 21 heavy (non-hydrogen) atoms. The van der Waals surface area contributed by atoms with Gasteiger partial charge in [-0.15, -0.1) is 0 Å². The highest BCUT2D eigenvalue weighted by Crippen LogP contribution is 2.28. The van der Waals surface area contributed by atoms with Gasteiger partial charge in [0.15, 0.2) is 5.65 Å². The van der Waals surface area contributed by atoms with Gasteiger partial charge < -0.3 is 10.6 Å². The van der Waals surface area contributed by atoms with Gasteiger partial charge in [-0.05, 0) is 22.0 Å². The molecule has 2 heterocycles. The lowest BCUT2D eigenvalue weighted by atomic mass is 10.3. The van der Waals surface area contributed by atoms with E-state index in [-0.39, 0.29) is 10.2 Å². The lowest BCUT2D eigenvalue weighted by molar-refractivity contribution is 0.598. The number of anilines is 3. The summed E-state index contributed by atoms with van der Waals surface area (Å²) in [5.41, 5.74) is 0.453. The molecule has 0 bridgehead atoms. The number of halogens is 3. The van der Waals surface area contributed by atoms with Crippen LogP contribution in [0, 0.1) is 11.6 Å². The number of nitrogens with one attached hydrogen (secondary N) is 3. The zero-order valence-corrected chi connectivity index (χ0v) is 12.3. The van der Waals surface area contributed by atoms with Crippen molar-refractivity contribution in [2.75, 3.05) is 17.7 Å².